The Morgan fingerprint density at radius 2 is 1.95 bits per heavy atom. The maximum absolute atomic E-state index is 13.6. The summed E-state index contributed by atoms with van der Waals surface area (Å²) in [5.41, 5.74) is 0.716. The summed E-state index contributed by atoms with van der Waals surface area (Å²) in [7, 11) is 0. The monoisotopic (exact) mass is 354 g/mol. The molecule has 1 atom stereocenters. The van der Waals surface area contributed by atoms with Gasteiger partial charge in [0.2, 0.25) is 0 Å². The van der Waals surface area contributed by atoms with Gasteiger partial charge in [-0.1, -0.05) is 34.1 Å². The van der Waals surface area contributed by atoms with E-state index in [1.54, 1.807) is 6.92 Å². The van der Waals surface area contributed by atoms with E-state index in [0.717, 1.165) is 22.2 Å². The molecule has 2 aromatic carbocycles. The molecule has 0 saturated carbocycles. The third kappa shape index (κ3) is 3.95. The van der Waals surface area contributed by atoms with Crippen molar-refractivity contribution < 1.29 is 18.3 Å². The molecule has 0 radical (unpaired) electrons. The SMILES string of the molecule is CC(OCc1ccccc1Br)C(=O)c1ccc(F)cc1F. The fourth-order valence-electron chi connectivity index (χ4n) is 1.81. The van der Waals surface area contributed by atoms with Crippen molar-refractivity contribution in [3.8, 4) is 0 Å². The Morgan fingerprint density at radius 1 is 1.24 bits per heavy atom. The first-order valence-electron chi connectivity index (χ1n) is 6.33. The molecule has 0 spiro atoms. The largest absolute Gasteiger partial charge is 0.366 e. The maximum Gasteiger partial charge on any atom is 0.194 e. The van der Waals surface area contributed by atoms with Crippen molar-refractivity contribution in [3.63, 3.8) is 0 Å². The highest BCUT2D eigenvalue weighted by Crippen LogP contribution is 2.19. The van der Waals surface area contributed by atoms with Gasteiger partial charge in [0.15, 0.2) is 5.78 Å². The molecule has 5 heteroatoms. The van der Waals surface area contributed by atoms with E-state index in [0.29, 0.717) is 6.07 Å². The van der Waals surface area contributed by atoms with Crippen LogP contribution in [0.1, 0.15) is 22.8 Å². The van der Waals surface area contributed by atoms with E-state index in [-0.39, 0.29) is 12.2 Å². The van der Waals surface area contributed by atoms with E-state index < -0.39 is 23.5 Å². The van der Waals surface area contributed by atoms with Crippen molar-refractivity contribution in [2.45, 2.75) is 19.6 Å². The predicted octanol–water partition coefficient (Wildman–Crippen LogP) is 4.52. The summed E-state index contributed by atoms with van der Waals surface area (Å²) >= 11 is 3.38. The van der Waals surface area contributed by atoms with E-state index >= 15 is 0 Å². The first-order chi connectivity index (χ1) is 9.99. The van der Waals surface area contributed by atoms with Crippen molar-refractivity contribution in [1.82, 2.24) is 0 Å². The Kier molecular flexibility index (Phi) is 5.20. The summed E-state index contributed by atoms with van der Waals surface area (Å²) < 4.78 is 32.7. The maximum atomic E-state index is 13.6. The average molecular weight is 355 g/mol. The highest BCUT2D eigenvalue weighted by molar-refractivity contribution is 9.10. The third-order valence-corrected chi connectivity index (χ3v) is 3.79. The van der Waals surface area contributed by atoms with E-state index in [1.807, 2.05) is 24.3 Å². The summed E-state index contributed by atoms with van der Waals surface area (Å²) in [5, 5.41) is 0. The zero-order valence-corrected chi connectivity index (χ0v) is 12.9. The molecule has 0 fully saturated rings. The first kappa shape index (κ1) is 15.8. The summed E-state index contributed by atoms with van der Waals surface area (Å²) in [6.45, 7) is 1.76. The fourth-order valence-corrected chi connectivity index (χ4v) is 2.21. The molecule has 0 saturated heterocycles. The molecule has 2 nitrogen and oxygen atoms in total. The van der Waals surface area contributed by atoms with Crippen LogP contribution in [0.4, 0.5) is 8.78 Å². The molecular weight excluding hydrogens is 342 g/mol. The number of carbonyl (C=O) groups excluding carboxylic acids is 1. The molecule has 0 aliphatic heterocycles. The average Bonchev–Trinajstić information content (AvgIpc) is 2.45. The standard InChI is InChI=1S/C16H13BrF2O2/c1-10(21-9-11-4-2-3-5-14(11)17)16(20)13-7-6-12(18)8-15(13)19/h2-8,10H,9H2,1H3. The fraction of sp³-hybridized carbons (Fsp3) is 0.188. The van der Waals surface area contributed by atoms with Gasteiger partial charge in [-0.25, -0.2) is 8.78 Å². The summed E-state index contributed by atoms with van der Waals surface area (Å²) in [6.07, 6.45) is -0.822. The minimum absolute atomic E-state index is 0.170. The molecule has 0 aliphatic carbocycles. The Hall–Kier alpha value is -1.59. The number of hydrogen-bond donors (Lipinski definition) is 0. The zero-order valence-electron chi connectivity index (χ0n) is 11.3. The number of rotatable bonds is 5. The van der Waals surface area contributed by atoms with Gasteiger partial charge in [-0.3, -0.25) is 4.79 Å². The van der Waals surface area contributed by atoms with Gasteiger partial charge < -0.3 is 4.74 Å². The van der Waals surface area contributed by atoms with Gasteiger partial charge in [0, 0.05) is 10.5 Å². The van der Waals surface area contributed by atoms with E-state index in [1.165, 1.54) is 0 Å². The van der Waals surface area contributed by atoms with Crippen molar-refractivity contribution in [3.05, 3.63) is 69.7 Å². The topological polar surface area (TPSA) is 26.3 Å². The van der Waals surface area contributed by atoms with Crippen LogP contribution in [-0.2, 0) is 11.3 Å². The lowest BCUT2D eigenvalue weighted by atomic mass is 10.1. The summed E-state index contributed by atoms with van der Waals surface area (Å²) in [5.74, 6) is -2.11. The van der Waals surface area contributed by atoms with E-state index in [2.05, 4.69) is 15.9 Å². The normalized spacial score (nSPS) is 12.2. The number of benzene rings is 2. The van der Waals surface area contributed by atoms with Crippen LogP contribution in [0.25, 0.3) is 0 Å². The molecule has 2 aromatic rings. The minimum atomic E-state index is -0.878. The van der Waals surface area contributed by atoms with Crippen LogP contribution in [0.3, 0.4) is 0 Å². The van der Waals surface area contributed by atoms with Crippen molar-refractivity contribution in [2.24, 2.45) is 0 Å². The molecule has 0 heterocycles. The molecule has 0 bridgehead atoms. The van der Waals surface area contributed by atoms with E-state index in [4.69, 9.17) is 4.74 Å². The molecule has 0 aromatic heterocycles. The number of ketones is 1. The lowest BCUT2D eigenvalue weighted by Crippen LogP contribution is -2.22. The predicted molar refractivity (Wildman–Crippen MR) is 79.1 cm³/mol. The van der Waals surface area contributed by atoms with Gasteiger partial charge in [-0.05, 0) is 30.7 Å². The quantitative estimate of drug-likeness (QED) is 0.738. The molecule has 110 valence electrons. The van der Waals surface area contributed by atoms with Gasteiger partial charge in [0.1, 0.15) is 17.7 Å². The van der Waals surface area contributed by atoms with Crippen LogP contribution in [0.5, 0.6) is 0 Å². The molecule has 2 rings (SSSR count). The summed E-state index contributed by atoms with van der Waals surface area (Å²) in [4.78, 5) is 12.1. The second-order valence-corrected chi connectivity index (χ2v) is 5.39. The van der Waals surface area contributed by atoms with Crippen LogP contribution < -0.4 is 0 Å². The highest BCUT2D eigenvalue weighted by Gasteiger charge is 2.20. The molecule has 21 heavy (non-hydrogen) atoms. The first-order valence-corrected chi connectivity index (χ1v) is 7.12. The lowest BCUT2D eigenvalue weighted by molar-refractivity contribution is 0.0407. The number of halogens is 3. The Bertz CT molecular complexity index is 658. The number of Topliss-reactive ketones (excluding diaryl/α,β-unsaturated/α-hetero) is 1. The zero-order chi connectivity index (χ0) is 15.4. The van der Waals surface area contributed by atoms with Gasteiger partial charge in [0.05, 0.1) is 12.2 Å². The van der Waals surface area contributed by atoms with Crippen molar-refractivity contribution >= 4 is 21.7 Å². The Balaban J connectivity index is 2.04. The van der Waals surface area contributed by atoms with Crippen molar-refractivity contribution in [2.75, 3.05) is 0 Å². The van der Waals surface area contributed by atoms with Crippen LogP contribution in [0, 0.1) is 11.6 Å². The molecule has 1 unspecified atom stereocenters. The van der Waals surface area contributed by atoms with Crippen LogP contribution >= 0.6 is 15.9 Å². The van der Waals surface area contributed by atoms with E-state index in [9.17, 15) is 13.6 Å². The second-order valence-electron chi connectivity index (χ2n) is 4.53. The van der Waals surface area contributed by atoms with Gasteiger partial charge in [-0.15, -0.1) is 0 Å². The Morgan fingerprint density at radius 3 is 2.62 bits per heavy atom. The highest BCUT2D eigenvalue weighted by atomic mass is 79.9. The van der Waals surface area contributed by atoms with Crippen LogP contribution in [0.15, 0.2) is 46.9 Å². The lowest BCUT2D eigenvalue weighted by Gasteiger charge is -2.13. The molecule has 0 N–H and O–H groups in total. The van der Waals surface area contributed by atoms with Crippen molar-refractivity contribution in [1.29, 1.82) is 0 Å². The van der Waals surface area contributed by atoms with Gasteiger partial charge in [0.25, 0.3) is 0 Å². The Labute approximate surface area is 129 Å². The van der Waals surface area contributed by atoms with Gasteiger partial charge >= 0.3 is 0 Å². The number of carbonyl (C=O) groups is 1. The minimum Gasteiger partial charge on any atom is -0.366 e. The summed E-state index contributed by atoms with van der Waals surface area (Å²) in [6, 6.07) is 10.3. The number of hydrogen-bond acceptors (Lipinski definition) is 2. The third-order valence-electron chi connectivity index (χ3n) is 3.01. The second kappa shape index (κ2) is 6.91. The van der Waals surface area contributed by atoms with Gasteiger partial charge in [-0.2, -0.15) is 0 Å². The molecule has 0 amide bonds. The smallest absolute Gasteiger partial charge is 0.194 e. The molecule has 0 aliphatic rings. The number of ether oxygens (including phenoxy) is 1. The van der Waals surface area contributed by atoms with Crippen LogP contribution in [-0.4, -0.2) is 11.9 Å². The molecular formula is C16H13BrF2O2. The van der Waals surface area contributed by atoms with Crippen LogP contribution in [0.2, 0.25) is 0 Å².